The molecule has 1 aliphatic heterocycles. The summed E-state index contributed by atoms with van der Waals surface area (Å²) in [6.45, 7) is 0.295. The topological polar surface area (TPSA) is 61.4 Å². The molecule has 4 unspecified atom stereocenters. The molecule has 1 saturated carbocycles. The quantitative estimate of drug-likeness (QED) is 0.793. The largest absolute Gasteiger partial charge is 0.387 e. The average Bonchev–Trinajstić information content (AvgIpc) is 3.12. The van der Waals surface area contributed by atoms with Crippen LogP contribution in [-0.2, 0) is 4.79 Å². The second-order valence-corrected chi connectivity index (χ2v) is 6.70. The average molecular weight is 331 g/mol. The maximum atomic E-state index is 12.2. The van der Waals surface area contributed by atoms with E-state index in [1.54, 1.807) is 11.3 Å². The van der Waals surface area contributed by atoms with Crippen LogP contribution in [0.25, 0.3) is 0 Å². The summed E-state index contributed by atoms with van der Waals surface area (Å²) in [5, 5.41) is 20.2. The van der Waals surface area contributed by atoms with E-state index < -0.39 is 6.10 Å². The molecule has 2 heterocycles. The number of nitrogens with one attached hydrogen (secondary N) is 2. The normalized spacial score (nSPS) is 29.3. The third kappa shape index (κ3) is 3.97. The molecule has 0 bridgehead atoms. The van der Waals surface area contributed by atoms with Gasteiger partial charge in [-0.3, -0.25) is 4.79 Å². The zero-order valence-corrected chi connectivity index (χ0v) is 13.6. The van der Waals surface area contributed by atoms with Gasteiger partial charge in [-0.15, -0.1) is 12.4 Å². The Morgan fingerprint density at radius 1 is 1.48 bits per heavy atom. The fourth-order valence-corrected chi connectivity index (χ4v) is 4.13. The van der Waals surface area contributed by atoms with Gasteiger partial charge in [-0.05, 0) is 47.6 Å². The van der Waals surface area contributed by atoms with Crippen molar-refractivity contribution in [3.05, 3.63) is 22.4 Å². The molecule has 3 N–H and O–H groups in total. The first-order chi connectivity index (χ1) is 9.74. The number of aliphatic hydroxyl groups excluding tert-OH is 1. The van der Waals surface area contributed by atoms with Crippen molar-refractivity contribution in [1.29, 1.82) is 0 Å². The van der Waals surface area contributed by atoms with Gasteiger partial charge in [0, 0.05) is 12.6 Å². The second-order valence-electron chi connectivity index (χ2n) is 5.92. The summed E-state index contributed by atoms with van der Waals surface area (Å²) < 4.78 is 0. The molecule has 6 heteroatoms. The Morgan fingerprint density at radius 2 is 2.29 bits per heavy atom. The van der Waals surface area contributed by atoms with E-state index in [1.165, 1.54) is 25.7 Å². The number of thiophene rings is 1. The minimum atomic E-state index is -0.603. The Balaban J connectivity index is 0.00000161. The van der Waals surface area contributed by atoms with E-state index in [4.69, 9.17) is 0 Å². The number of halogens is 1. The summed E-state index contributed by atoms with van der Waals surface area (Å²) in [6.07, 6.45) is 5.37. The molecule has 1 aliphatic carbocycles. The van der Waals surface area contributed by atoms with Crippen LogP contribution in [0.5, 0.6) is 0 Å². The number of carbonyl (C=O) groups excluding carboxylic acids is 1. The number of hydrogen-bond acceptors (Lipinski definition) is 4. The van der Waals surface area contributed by atoms with Gasteiger partial charge in [-0.25, -0.2) is 0 Å². The molecule has 1 aromatic rings. The van der Waals surface area contributed by atoms with Crippen LogP contribution < -0.4 is 10.6 Å². The maximum absolute atomic E-state index is 12.2. The Morgan fingerprint density at radius 3 is 3.00 bits per heavy atom. The van der Waals surface area contributed by atoms with E-state index in [2.05, 4.69) is 10.6 Å². The lowest BCUT2D eigenvalue weighted by atomic mass is 9.85. The van der Waals surface area contributed by atoms with Crippen LogP contribution in [0.2, 0.25) is 0 Å². The van der Waals surface area contributed by atoms with Gasteiger partial charge >= 0.3 is 0 Å². The number of fused-ring (bicyclic) bond motifs is 1. The van der Waals surface area contributed by atoms with E-state index in [-0.39, 0.29) is 24.4 Å². The predicted molar refractivity (Wildman–Crippen MR) is 86.8 cm³/mol. The molecule has 3 rings (SSSR count). The molecule has 0 radical (unpaired) electrons. The minimum absolute atomic E-state index is 0. The molecule has 21 heavy (non-hydrogen) atoms. The summed E-state index contributed by atoms with van der Waals surface area (Å²) in [5.74, 6) is 0.704. The van der Waals surface area contributed by atoms with Crippen LogP contribution in [0.4, 0.5) is 0 Å². The molecule has 1 aromatic heterocycles. The Kier molecular flexibility index (Phi) is 6.05. The summed E-state index contributed by atoms with van der Waals surface area (Å²) in [4.78, 5) is 12.2. The van der Waals surface area contributed by atoms with Gasteiger partial charge in [0.25, 0.3) is 0 Å². The van der Waals surface area contributed by atoms with Crippen LogP contribution in [0.3, 0.4) is 0 Å². The first kappa shape index (κ1) is 16.7. The molecule has 0 spiro atoms. The van der Waals surface area contributed by atoms with Crippen LogP contribution in [0.1, 0.15) is 43.8 Å². The van der Waals surface area contributed by atoms with Gasteiger partial charge in [0.15, 0.2) is 0 Å². The van der Waals surface area contributed by atoms with Crippen molar-refractivity contribution in [3.8, 4) is 0 Å². The lowest BCUT2D eigenvalue weighted by molar-refractivity contribution is -0.123. The summed E-state index contributed by atoms with van der Waals surface area (Å²) in [5.41, 5.74) is 0.878. The SMILES string of the molecule is Cl.O=C(NCC(O)c1ccsc1)C1CC2CCCCC2N1. The molecule has 1 saturated heterocycles. The van der Waals surface area contributed by atoms with Gasteiger partial charge in [-0.1, -0.05) is 12.8 Å². The van der Waals surface area contributed by atoms with Gasteiger partial charge in [-0.2, -0.15) is 11.3 Å². The zero-order valence-electron chi connectivity index (χ0n) is 12.0. The number of hydrogen-bond donors (Lipinski definition) is 3. The highest BCUT2D eigenvalue weighted by molar-refractivity contribution is 7.07. The van der Waals surface area contributed by atoms with Crippen LogP contribution in [0.15, 0.2) is 16.8 Å². The van der Waals surface area contributed by atoms with Crippen LogP contribution in [-0.4, -0.2) is 29.6 Å². The van der Waals surface area contributed by atoms with Crippen molar-refractivity contribution >= 4 is 29.7 Å². The van der Waals surface area contributed by atoms with Crippen molar-refractivity contribution in [2.45, 2.75) is 50.3 Å². The molecule has 118 valence electrons. The molecule has 2 fully saturated rings. The van der Waals surface area contributed by atoms with E-state index in [0.29, 0.717) is 18.5 Å². The summed E-state index contributed by atoms with van der Waals surface area (Å²) in [6, 6.07) is 2.35. The highest BCUT2D eigenvalue weighted by atomic mass is 35.5. The lowest BCUT2D eigenvalue weighted by Gasteiger charge is -2.24. The van der Waals surface area contributed by atoms with Crippen molar-refractivity contribution in [1.82, 2.24) is 10.6 Å². The Hall–Kier alpha value is -0.620. The highest BCUT2D eigenvalue weighted by Crippen LogP contribution is 2.33. The minimum Gasteiger partial charge on any atom is -0.387 e. The lowest BCUT2D eigenvalue weighted by Crippen LogP contribution is -2.44. The maximum Gasteiger partial charge on any atom is 0.237 e. The fourth-order valence-electron chi connectivity index (χ4n) is 3.42. The molecule has 1 amide bonds. The second kappa shape index (κ2) is 7.58. The number of amides is 1. The monoisotopic (exact) mass is 330 g/mol. The summed E-state index contributed by atoms with van der Waals surface area (Å²) in [7, 11) is 0. The first-order valence-corrected chi connectivity index (χ1v) is 8.42. The number of aliphatic hydroxyl groups is 1. The third-order valence-electron chi connectivity index (χ3n) is 4.58. The summed E-state index contributed by atoms with van der Waals surface area (Å²) >= 11 is 1.56. The van der Waals surface area contributed by atoms with Crippen LogP contribution >= 0.6 is 23.7 Å². The smallest absolute Gasteiger partial charge is 0.237 e. The van der Waals surface area contributed by atoms with E-state index in [0.717, 1.165) is 12.0 Å². The van der Waals surface area contributed by atoms with Crippen molar-refractivity contribution in [2.75, 3.05) is 6.54 Å². The van der Waals surface area contributed by atoms with Gasteiger partial charge in [0.2, 0.25) is 5.91 Å². The Labute approximate surface area is 135 Å². The van der Waals surface area contributed by atoms with Gasteiger partial charge in [0.05, 0.1) is 12.1 Å². The molecule has 2 aliphatic rings. The van der Waals surface area contributed by atoms with Gasteiger partial charge in [0.1, 0.15) is 0 Å². The van der Waals surface area contributed by atoms with Gasteiger partial charge < -0.3 is 15.7 Å². The van der Waals surface area contributed by atoms with Crippen molar-refractivity contribution in [3.63, 3.8) is 0 Å². The van der Waals surface area contributed by atoms with Crippen LogP contribution in [0, 0.1) is 5.92 Å². The van der Waals surface area contributed by atoms with E-state index in [9.17, 15) is 9.90 Å². The molecule has 4 nitrogen and oxygen atoms in total. The Bertz CT molecular complexity index is 441. The number of carbonyl (C=O) groups is 1. The molecular weight excluding hydrogens is 308 g/mol. The first-order valence-electron chi connectivity index (χ1n) is 7.48. The third-order valence-corrected chi connectivity index (χ3v) is 5.28. The van der Waals surface area contributed by atoms with E-state index >= 15 is 0 Å². The molecule has 4 atom stereocenters. The number of rotatable bonds is 4. The van der Waals surface area contributed by atoms with Crippen molar-refractivity contribution < 1.29 is 9.90 Å². The zero-order chi connectivity index (χ0) is 13.9. The molecule has 0 aromatic carbocycles. The standard InChI is InChI=1S/C15H22N2O2S.ClH/c18-14(11-5-6-20-9-11)8-16-15(19)13-7-10-3-1-2-4-12(10)17-13;/h5-6,9-10,12-14,17-18H,1-4,7-8H2,(H,16,19);1H. The van der Waals surface area contributed by atoms with Crippen molar-refractivity contribution in [2.24, 2.45) is 5.92 Å². The van der Waals surface area contributed by atoms with E-state index in [1.807, 2.05) is 16.8 Å². The fraction of sp³-hybridized carbons (Fsp3) is 0.667. The highest BCUT2D eigenvalue weighted by Gasteiger charge is 2.38. The predicted octanol–water partition coefficient (Wildman–Crippen LogP) is 2.24. The molecular formula is C15H23ClN2O2S.